The van der Waals surface area contributed by atoms with E-state index in [1.165, 1.54) is 70.3 Å². The normalized spacial score (nSPS) is 12.3. The van der Waals surface area contributed by atoms with Gasteiger partial charge >= 0.3 is 0 Å². The van der Waals surface area contributed by atoms with Crippen LogP contribution in [0.1, 0.15) is 0 Å². The molecule has 61 heavy (non-hydrogen) atoms. The first-order chi connectivity index (χ1) is 30.2. The number of hydrogen-bond donors (Lipinski definition) is 0. The van der Waals surface area contributed by atoms with Gasteiger partial charge in [-0.3, -0.25) is 0 Å². The minimum atomic E-state index is 0.619. The molecule has 0 saturated carbocycles. The van der Waals surface area contributed by atoms with Gasteiger partial charge in [-0.05, 0) is 93.7 Å². The predicted octanol–water partition coefficient (Wildman–Crippen LogP) is 15.0. The van der Waals surface area contributed by atoms with E-state index in [1.807, 2.05) is 48.5 Å². The molecule has 6 heteroatoms. The number of hydrogen-bond acceptors (Lipinski definition) is 5. The first-order valence-corrected chi connectivity index (χ1v) is 21.3. The fraction of sp³-hybridized carbons (Fsp3) is 0. The van der Waals surface area contributed by atoms with Gasteiger partial charge in [-0.2, -0.15) is 0 Å². The summed E-state index contributed by atoms with van der Waals surface area (Å²) in [4.78, 5) is 15.5. The smallest absolute Gasteiger partial charge is 0.165 e. The van der Waals surface area contributed by atoms with E-state index in [1.54, 1.807) is 11.3 Å². The van der Waals surface area contributed by atoms with E-state index in [2.05, 4.69) is 138 Å². The molecule has 5 nitrogen and oxygen atoms in total. The van der Waals surface area contributed by atoms with Gasteiger partial charge in [0, 0.05) is 64.1 Å². The first-order valence-electron chi connectivity index (χ1n) is 20.5. The van der Waals surface area contributed by atoms with Gasteiger partial charge in [0.25, 0.3) is 0 Å². The first kappa shape index (κ1) is 33.0. The van der Waals surface area contributed by atoms with Crippen LogP contribution >= 0.6 is 11.3 Å². The van der Waals surface area contributed by atoms with Crippen molar-refractivity contribution < 1.29 is 4.42 Å². The van der Waals surface area contributed by atoms with Crippen LogP contribution in [0, 0.1) is 0 Å². The summed E-state index contributed by atoms with van der Waals surface area (Å²) >= 11 is 1.79. The number of rotatable bonds is 4. The van der Waals surface area contributed by atoms with Gasteiger partial charge in [-0.1, -0.05) is 121 Å². The molecule has 0 bridgehead atoms. The fourth-order valence-corrected chi connectivity index (χ4v) is 11.1. The quantitative estimate of drug-likeness (QED) is 0.178. The molecule has 9 aromatic carbocycles. The number of fused-ring (bicyclic) bond motifs is 9. The van der Waals surface area contributed by atoms with Crippen LogP contribution in [0.5, 0.6) is 0 Å². The Bertz CT molecular complexity index is 4010. The Labute approximate surface area is 352 Å². The van der Waals surface area contributed by atoms with Crippen molar-refractivity contribution >= 4 is 86.0 Å². The highest BCUT2D eigenvalue weighted by molar-refractivity contribution is 7.26. The third-order valence-corrected chi connectivity index (χ3v) is 13.8. The van der Waals surface area contributed by atoms with Crippen molar-refractivity contribution in [3.63, 3.8) is 0 Å². The van der Waals surface area contributed by atoms with Crippen molar-refractivity contribution in [2.75, 3.05) is 0 Å². The second-order valence-electron chi connectivity index (χ2n) is 15.9. The second-order valence-corrected chi connectivity index (χ2v) is 16.9. The number of para-hydroxylation sites is 1. The average Bonchev–Trinajstić information content (AvgIpc) is 3.98. The van der Waals surface area contributed by atoms with Crippen LogP contribution < -0.4 is 0 Å². The maximum Gasteiger partial charge on any atom is 0.165 e. The number of aromatic nitrogens is 4. The summed E-state index contributed by atoms with van der Waals surface area (Å²) in [6.07, 6.45) is 0. The molecule has 0 amide bonds. The Balaban J connectivity index is 0.977. The lowest BCUT2D eigenvalue weighted by atomic mass is 9.93. The van der Waals surface area contributed by atoms with Crippen molar-refractivity contribution in [1.82, 2.24) is 19.5 Å². The van der Waals surface area contributed by atoms with Crippen LogP contribution in [0.4, 0.5) is 0 Å². The van der Waals surface area contributed by atoms with Crippen molar-refractivity contribution in [2.45, 2.75) is 0 Å². The molecular weight excluding hydrogens is 765 g/mol. The zero-order valence-corrected chi connectivity index (χ0v) is 33.2. The van der Waals surface area contributed by atoms with Gasteiger partial charge in [0.15, 0.2) is 17.5 Å². The summed E-state index contributed by atoms with van der Waals surface area (Å²) in [6, 6.07) is 65.0. The minimum absolute atomic E-state index is 0.619. The van der Waals surface area contributed by atoms with Crippen molar-refractivity contribution in [3.8, 4) is 62.1 Å². The maximum absolute atomic E-state index is 6.17. The molecule has 0 spiro atoms. The molecule has 0 N–H and O–H groups in total. The molecule has 0 unspecified atom stereocenters. The third-order valence-electron chi connectivity index (χ3n) is 12.6. The van der Waals surface area contributed by atoms with Crippen LogP contribution in [0.3, 0.4) is 0 Å². The van der Waals surface area contributed by atoms with Crippen molar-refractivity contribution in [1.29, 1.82) is 0 Å². The molecular formula is C55H30N4OS. The van der Waals surface area contributed by atoms with Crippen LogP contribution in [0.2, 0.25) is 0 Å². The highest BCUT2D eigenvalue weighted by Crippen LogP contribution is 2.50. The molecule has 1 aliphatic rings. The Morgan fingerprint density at radius 2 is 1.07 bits per heavy atom. The lowest BCUT2D eigenvalue weighted by molar-refractivity contribution is 0.669. The molecule has 13 aromatic rings. The predicted molar refractivity (Wildman–Crippen MR) is 253 cm³/mol. The topological polar surface area (TPSA) is 56.7 Å². The summed E-state index contributed by atoms with van der Waals surface area (Å²) in [5.74, 6) is 1.90. The highest BCUT2D eigenvalue weighted by atomic mass is 32.1. The Morgan fingerprint density at radius 3 is 1.95 bits per heavy atom. The zero-order valence-electron chi connectivity index (χ0n) is 32.4. The second kappa shape index (κ2) is 12.3. The molecule has 4 heterocycles. The number of furan rings is 1. The van der Waals surface area contributed by atoms with Gasteiger partial charge in [-0.15, -0.1) is 11.3 Å². The van der Waals surface area contributed by atoms with Crippen molar-refractivity contribution in [2.24, 2.45) is 0 Å². The molecule has 0 atom stereocenters. The zero-order chi connectivity index (χ0) is 39.8. The molecule has 0 saturated heterocycles. The van der Waals surface area contributed by atoms with E-state index < -0.39 is 0 Å². The number of benzene rings is 9. The van der Waals surface area contributed by atoms with Gasteiger partial charge in [-0.25, -0.2) is 15.0 Å². The number of nitrogens with zero attached hydrogens (tertiary/aromatic N) is 4. The molecule has 0 fully saturated rings. The minimum Gasteiger partial charge on any atom is -0.456 e. The summed E-state index contributed by atoms with van der Waals surface area (Å²) in [5, 5.41) is 9.68. The lowest BCUT2D eigenvalue weighted by Gasteiger charge is -2.13. The van der Waals surface area contributed by atoms with Gasteiger partial charge < -0.3 is 8.98 Å². The molecule has 14 rings (SSSR count). The maximum atomic E-state index is 6.17. The standard InChI is InChI=1S/C55H30N4OS/c1-2-11-32(12-3-1)53-56-54(33-24-27-47-42(29-33)37-16-6-7-22-46(37)60-47)58-55(57-53)41-20-9-19-40-43-30-34(25-28-48(43)61-52(40)41)59-44-21-10-18-39-36-15-5-4-14-35(36)38-17-8-13-31-23-26-45(59)51(49(31)38)50(39)44/h1-30H. The van der Waals surface area contributed by atoms with Crippen LogP contribution in [0.25, 0.3) is 137 Å². The van der Waals surface area contributed by atoms with Crippen LogP contribution in [-0.4, -0.2) is 19.5 Å². The van der Waals surface area contributed by atoms with E-state index in [9.17, 15) is 0 Å². The van der Waals surface area contributed by atoms with Crippen molar-refractivity contribution in [3.05, 3.63) is 182 Å². The SMILES string of the molecule is c1ccc(-c2nc(-c3ccc4oc5ccccc5c4c3)nc(-c3cccc4c3sc3ccc(-n5c6cccc7c6c6c8c(cccc8ccc65)-c5ccccc5-7)cc34)n2)cc1. The molecule has 4 aromatic heterocycles. The highest BCUT2D eigenvalue weighted by Gasteiger charge is 2.25. The fourth-order valence-electron chi connectivity index (χ4n) is 9.92. The van der Waals surface area contributed by atoms with Gasteiger partial charge in [0.1, 0.15) is 11.2 Å². The third kappa shape index (κ3) is 4.68. The average molecular weight is 795 g/mol. The largest absolute Gasteiger partial charge is 0.456 e. The molecule has 0 aliphatic heterocycles. The van der Waals surface area contributed by atoms with E-state index in [0.29, 0.717) is 17.5 Å². The summed E-state index contributed by atoms with van der Waals surface area (Å²) in [6.45, 7) is 0. The summed E-state index contributed by atoms with van der Waals surface area (Å²) in [5.41, 5.74) is 13.2. The lowest BCUT2D eigenvalue weighted by Crippen LogP contribution is -2.00. The summed E-state index contributed by atoms with van der Waals surface area (Å²) in [7, 11) is 0. The van der Waals surface area contributed by atoms with Crippen LogP contribution in [-0.2, 0) is 0 Å². The van der Waals surface area contributed by atoms with Crippen LogP contribution in [0.15, 0.2) is 186 Å². The monoisotopic (exact) mass is 794 g/mol. The van der Waals surface area contributed by atoms with E-state index in [-0.39, 0.29) is 0 Å². The Hall–Kier alpha value is -7.93. The Morgan fingerprint density at radius 1 is 0.393 bits per heavy atom. The Kier molecular flexibility index (Phi) is 6.65. The van der Waals surface area contributed by atoms with E-state index in [4.69, 9.17) is 19.4 Å². The molecule has 0 radical (unpaired) electrons. The molecule has 282 valence electrons. The summed E-state index contributed by atoms with van der Waals surface area (Å²) < 4.78 is 11.0. The van der Waals surface area contributed by atoms with E-state index >= 15 is 0 Å². The number of thiophene rings is 1. The van der Waals surface area contributed by atoms with E-state index in [0.717, 1.165) is 49.0 Å². The van der Waals surface area contributed by atoms with Gasteiger partial charge in [0.05, 0.1) is 11.0 Å². The molecule has 1 aliphatic carbocycles. The van der Waals surface area contributed by atoms with Gasteiger partial charge in [0.2, 0.25) is 0 Å².